The molecule has 0 spiro atoms. The van der Waals surface area contributed by atoms with Crippen molar-refractivity contribution in [2.45, 2.75) is 12.3 Å². The summed E-state index contributed by atoms with van der Waals surface area (Å²) in [6, 6.07) is 6.04. The van der Waals surface area contributed by atoms with Crippen LogP contribution in [0.15, 0.2) is 42.0 Å². The average Bonchev–Trinajstić information content (AvgIpc) is 3.31. The molecule has 0 bridgehead atoms. The maximum Gasteiger partial charge on any atom is 0.342 e. The third-order valence-electron chi connectivity index (χ3n) is 4.76. The first kappa shape index (κ1) is 18.9. The lowest BCUT2D eigenvalue weighted by Crippen LogP contribution is -2.30. The van der Waals surface area contributed by atoms with Gasteiger partial charge in [0.1, 0.15) is 17.1 Å². The average molecular weight is 413 g/mol. The summed E-state index contributed by atoms with van der Waals surface area (Å²) in [4.78, 5) is 24.5. The van der Waals surface area contributed by atoms with E-state index in [0.717, 1.165) is 16.5 Å². The molecule has 0 aliphatic carbocycles. The van der Waals surface area contributed by atoms with Crippen LogP contribution in [-0.4, -0.2) is 31.9 Å². The number of hydrogen-bond acceptors (Lipinski definition) is 5. The fourth-order valence-electron chi connectivity index (χ4n) is 3.53. The standard InChI is InChI=1S/C20H16FN3O4S/c1-24-9-11(8-22-24)19-17(15-3-2-4-29-15)12(7-16(26)23-19)10-5-13(21)18(20(27)28)14(25)6-10/h2-6,8-9,12,25H,7H2,1H3,(H,23,26)(H,27,28). The van der Waals surface area contributed by atoms with Gasteiger partial charge >= 0.3 is 5.97 Å². The van der Waals surface area contributed by atoms with Gasteiger partial charge in [0.05, 0.1) is 11.9 Å². The van der Waals surface area contributed by atoms with E-state index in [2.05, 4.69) is 10.4 Å². The molecule has 3 N–H and O–H groups in total. The summed E-state index contributed by atoms with van der Waals surface area (Å²) in [7, 11) is 1.76. The number of thiophene rings is 1. The molecule has 3 aromatic rings. The summed E-state index contributed by atoms with van der Waals surface area (Å²) in [6.45, 7) is 0. The van der Waals surface area contributed by atoms with Gasteiger partial charge in [0.25, 0.3) is 0 Å². The Hall–Kier alpha value is -3.46. The van der Waals surface area contributed by atoms with E-state index in [1.165, 1.54) is 17.4 Å². The SMILES string of the molecule is Cn1cc(C2=C(c3cccs3)C(c3cc(O)c(C(=O)O)c(F)c3)CC(=O)N2)cn1. The Labute approximate surface area is 168 Å². The molecular formula is C20H16FN3O4S. The van der Waals surface area contributed by atoms with Crippen LogP contribution < -0.4 is 5.32 Å². The van der Waals surface area contributed by atoms with E-state index in [9.17, 15) is 19.1 Å². The van der Waals surface area contributed by atoms with Crippen LogP contribution >= 0.6 is 11.3 Å². The molecule has 3 heterocycles. The van der Waals surface area contributed by atoms with Gasteiger partial charge in [-0.25, -0.2) is 9.18 Å². The number of carboxylic acids is 1. The quantitative estimate of drug-likeness (QED) is 0.609. The number of aryl methyl sites for hydroxylation is 1. The van der Waals surface area contributed by atoms with Gasteiger partial charge in [-0.05, 0) is 29.1 Å². The number of benzene rings is 1. The number of carbonyl (C=O) groups excluding carboxylic acids is 1. The number of rotatable bonds is 4. The number of aromatic nitrogens is 2. The first-order chi connectivity index (χ1) is 13.8. The molecule has 1 unspecified atom stereocenters. The molecule has 1 aliphatic heterocycles. The summed E-state index contributed by atoms with van der Waals surface area (Å²) in [6.07, 6.45) is 3.41. The summed E-state index contributed by atoms with van der Waals surface area (Å²) in [5.74, 6) is -4.12. The van der Waals surface area contributed by atoms with Crippen molar-refractivity contribution in [2.75, 3.05) is 0 Å². The lowest BCUT2D eigenvalue weighted by atomic mass is 9.82. The highest BCUT2D eigenvalue weighted by molar-refractivity contribution is 7.11. The monoisotopic (exact) mass is 413 g/mol. The zero-order valence-corrected chi connectivity index (χ0v) is 16.0. The Balaban J connectivity index is 1.94. The molecule has 0 radical (unpaired) electrons. The maximum absolute atomic E-state index is 14.4. The summed E-state index contributed by atoms with van der Waals surface area (Å²) < 4.78 is 16.0. The minimum Gasteiger partial charge on any atom is -0.507 e. The largest absolute Gasteiger partial charge is 0.507 e. The van der Waals surface area contributed by atoms with Crippen molar-refractivity contribution in [1.82, 2.24) is 15.1 Å². The third-order valence-corrected chi connectivity index (χ3v) is 5.66. The van der Waals surface area contributed by atoms with Crippen LogP contribution in [0, 0.1) is 5.82 Å². The Bertz CT molecular complexity index is 1130. The maximum atomic E-state index is 14.4. The first-order valence-corrected chi connectivity index (χ1v) is 9.55. The summed E-state index contributed by atoms with van der Waals surface area (Å²) in [5, 5.41) is 28.1. The molecule has 148 valence electrons. The number of aromatic carboxylic acids is 1. The van der Waals surface area contributed by atoms with Crippen molar-refractivity contribution in [3.05, 3.63) is 69.4 Å². The topological polar surface area (TPSA) is 104 Å². The molecule has 9 heteroatoms. The molecule has 1 aliphatic rings. The highest BCUT2D eigenvalue weighted by Gasteiger charge is 2.33. The lowest BCUT2D eigenvalue weighted by Gasteiger charge is -2.28. The molecule has 0 fully saturated rings. The molecule has 1 amide bonds. The fraction of sp³-hybridized carbons (Fsp3) is 0.150. The van der Waals surface area contributed by atoms with Crippen LogP contribution in [0.5, 0.6) is 5.75 Å². The second-order valence-corrected chi connectivity index (χ2v) is 7.62. The number of aromatic hydroxyl groups is 1. The molecule has 0 saturated carbocycles. The van der Waals surface area contributed by atoms with E-state index in [4.69, 9.17) is 5.11 Å². The van der Waals surface area contributed by atoms with Crippen LogP contribution in [0.3, 0.4) is 0 Å². The molecule has 4 rings (SSSR count). The molecular weight excluding hydrogens is 397 g/mol. The Kier molecular flexibility index (Phi) is 4.67. The Morgan fingerprint density at radius 1 is 1.41 bits per heavy atom. The molecule has 29 heavy (non-hydrogen) atoms. The summed E-state index contributed by atoms with van der Waals surface area (Å²) in [5.41, 5.74) is 1.55. The molecule has 0 saturated heterocycles. The third kappa shape index (κ3) is 3.40. The van der Waals surface area contributed by atoms with E-state index < -0.39 is 29.0 Å². The second-order valence-electron chi connectivity index (χ2n) is 6.68. The van der Waals surface area contributed by atoms with E-state index in [1.807, 2.05) is 17.5 Å². The zero-order chi connectivity index (χ0) is 20.7. The normalized spacial score (nSPS) is 16.8. The summed E-state index contributed by atoms with van der Waals surface area (Å²) >= 11 is 1.46. The second kappa shape index (κ2) is 7.17. The molecule has 2 aromatic heterocycles. The van der Waals surface area contributed by atoms with Crippen LogP contribution in [0.25, 0.3) is 11.3 Å². The van der Waals surface area contributed by atoms with Crippen molar-refractivity contribution < 1.29 is 24.2 Å². The van der Waals surface area contributed by atoms with E-state index in [1.54, 1.807) is 24.1 Å². The molecule has 1 aromatic carbocycles. The van der Waals surface area contributed by atoms with Gasteiger partial charge < -0.3 is 15.5 Å². The van der Waals surface area contributed by atoms with Gasteiger partial charge in [0.15, 0.2) is 0 Å². The number of carbonyl (C=O) groups is 2. The van der Waals surface area contributed by atoms with E-state index >= 15 is 0 Å². The van der Waals surface area contributed by atoms with E-state index in [0.29, 0.717) is 16.8 Å². The van der Waals surface area contributed by atoms with Gasteiger partial charge in [0.2, 0.25) is 5.91 Å². The van der Waals surface area contributed by atoms with Gasteiger partial charge in [-0.3, -0.25) is 9.48 Å². The van der Waals surface area contributed by atoms with Gasteiger partial charge in [-0.1, -0.05) is 6.07 Å². The van der Waals surface area contributed by atoms with Crippen molar-refractivity contribution in [3.63, 3.8) is 0 Å². The van der Waals surface area contributed by atoms with Crippen LogP contribution in [0.2, 0.25) is 0 Å². The predicted octanol–water partition coefficient (Wildman–Crippen LogP) is 3.20. The van der Waals surface area contributed by atoms with Crippen molar-refractivity contribution in [3.8, 4) is 5.75 Å². The highest BCUT2D eigenvalue weighted by atomic mass is 32.1. The van der Waals surface area contributed by atoms with Crippen LogP contribution in [0.4, 0.5) is 4.39 Å². The van der Waals surface area contributed by atoms with Gasteiger partial charge in [-0.15, -0.1) is 11.3 Å². The number of halogens is 1. The number of phenols is 1. The van der Waals surface area contributed by atoms with Crippen LogP contribution in [-0.2, 0) is 11.8 Å². The number of hydrogen-bond donors (Lipinski definition) is 3. The molecule has 7 nitrogen and oxygen atoms in total. The Morgan fingerprint density at radius 2 is 2.21 bits per heavy atom. The number of nitrogens with one attached hydrogen (secondary N) is 1. The smallest absolute Gasteiger partial charge is 0.342 e. The van der Waals surface area contributed by atoms with E-state index in [-0.39, 0.29) is 12.3 Å². The minimum absolute atomic E-state index is 0.0301. The van der Waals surface area contributed by atoms with Crippen molar-refractivity contribution in [1.29, 1.82) is 0 Å². The number of carboxylic acid groups (broad SMARTS) is 1. The lowest BCUT2D eigenvalue weighted by molar-refractivity contribution is -0.120. The first-order valence-electron chi connectivity index (χ1n) is 8.67. The Morgan fingerprint density at radius 3 is 2.79 bits per heavy atom. The number of allylic oxidation sites excluding steroid dienone is 1. The molecule has 1 atom stereocenters. The predicted molar refractivity (Wildman–Crippen MR) is 105 cm³/mol. The highest BCUT2D eigenvalue weighted by Crippen LogP contribution is 2.44. The minimum atomic E-state index is -1.56. The number of amides is 1. The van der Waals surface area contributed by atoms with Crippen LogP contribution in [0.1, 0.15) is 38.7 Å². The van der Waals surface area contributed by atoms with Crippen molar-refractivity contribution >= 4 is 34.5 Å². The fourth-order valence-corrected chi connectivity index (χ4v) is 4.37. The van der Waals surface area contributed by atoms with Crippen molar-refractivity contribution in [2.24, 2.45) is 7.05 Å². The zero-order valence-electron chi connectivity index (χ0n) is 15.2. The van der Waals surface area contributed by atoms with Gasteiger partial charge in [-0.2, -0.15) is 5.10 Å². The van der Waals surface area contributed by atoms with Gasteiger partial charge in [0, 0.05) is 41.6 Å². The number of nitrogens with zero attached hydrogens (tertiary/aromatic N) is 2.